The molecule has 9 heteroatoms. The van der Waals surface area contributed by atoms with Gasteiger partial charge in [0.05, 0.1) is 0 Å². The number of carboxylic acids is 1. The fourth-order valence-electron chi connectivity index (χ4n) is 3.95. The maximum atomic E-state index is 11.7. The molecule has 3 aromatic carbocycles. The Labute approximate surface area is 195 Å². The van der Waals surface area contributed by atoms with Crippen LogP contribution in [0.15, 0.2) is 66.7 Å². The molecule has 0 radical (unpaired) electrons. The normalized spacial score (nSPS) is 16.6. The van der Waals surface area contributed by atoms with E-state index in [1.165, 1.54) is 12.3 Å². The largest absolute Gasteiger partial charge is 0.489 e. The van der Waals surface area contributed by atoms with Gasteiger partial charge in [-0.3, -0.25) is 9.35 Å². The highest BCUT2D eigenvalue weighted by molar-refractivity contribution is 7.76. The number of hydrogen-bond acceptors (Lipinski definition) is 5. The van der Waals surface area contributed by atoms with Crippen molar-refractivity contribution in [2.24, 2.45) is 0 Å². The van der Waals surface area contributed by atoms with Crippen LogP contribution in [0.1, 0.15) is 12.5 Å². The first-order chi connectivity index (χ1) is 15.9. The predicted molar refractivity (Wildman–Crippen MR) is 128 cm³/mol. The predicted octanol–water partition coefficient (Wildman–Crippen LogP) is 3.37. The maximum Gasteiger partial charge on any atom is 0.323 e. The van der Waals surface area contributed by atoms with Crippen LogP contribution in [0.5, 0.6) is 5.75 Å². The lowest BCUT2D eigenvalue weighted by Gasteiger charge is -2.41. The van der Waals surface area contributed by atoms with Crippen molar-refractivity contribution in [1.29, 1.82) is 0 Å². The molecule has 0 bridgehead atoms. The van der Waals surface area contributed by atoms with Crippen molar-refractivity contribution in [1.82, 2.24) is 9.42 Å². The van der Waals surface area contributed by atoms with Gasteiger partial charge < -0.3 is 14.7 Å². The molecule has 0 saturated carbocycles. The van der Waals surface area contributed by atoms with Crippen LogP contribution in [0.4, 0.5) is 5.69 Å². The summed E-state index contributed by atoms with van der Waals surface area (Å²) in [6.45, 7) is 4.02. The molecule has 0 spiro atoms. The highest BCUT2D eigenvalue weighted by Gasteiger charge is 2.33. The molecule has 0 amide bonds. The Morgan fingerprint density at radius 2 is 1.70 bits per heavy atom. The maximum absolute atomic E-state index is 11.7. The van der Waals surface area contributed by atoms with Crippen LogP contribution in [0.3, 0.4) is 0 Å². The van der Waals surface area contributed by atoms with E-state index in [0.29, 0.717) is 32.8 Å². The monoisotopic (exact) mass is 469 g/mol. The topological polar surface area (TPSA) is 93.5 Å². The molecule has 1 heterocycles. The lowest BCUT2D eigenvalue weighted by atomic mass is 10.1. The number of hydrogen-bond donors (Lipinski definition) is 2. The fourth-order valence-corrected chi connectivity index (χ4v) is 4.67. The van der Waals surface area contributed by atoms with Crippen LogP contribution in [0.2, 0.25) is 0 Å². The van der Waals surface area contributed by atoms with E-state index in [0.717, 1.165) is 26.8 Å². The van der Waals surface area contributed by atoms with Gasteiger partial charge in [-0.05, 0) is 47.5 Å². The zero-order chi connectivity index (χ0) is 23.4. The third-order valence-corrected chi connectivity index (χ3v) is 6.68. The number of ether oxygens (including phenoxy) is 1. The van der Waals surface area contributed by atoms with E-state index in [9.17, 15) is 18.7 Å². The van der Waals surface area contributed by atoms with Gasteiger partial charge >= 0.3 is 5.97 Å². The number of hydrazine groups is 1. The average Bonchev–Trinajstić information content (AvgIpc) is 2.83. The molecular weight excluding hydrogens is 442 g/mol. The lowest BCUT2D eigenvalue weighted by Crippen LogP contribution is -2.58. The summed E-state index contributed by atoms with van der Waals surface area (Å²) < 4.78 is 28.2. The third-order valence-electron chi connectivity index (χ3n) is 5.81. The average molecular weight is 470 g/mol. The van der Waals surface area contributed by atoms with Crippen molar-refractivity contribution >= 4 is 33.7 Å². The Kier molecular flexibility index (Phi) is 7.24. The minimum Gasteiger partial charge on any atom is -0.489 e. The Bertz CT molecular complexity index is 1130. The molecule has 1 fully saturated rings. The third kappa shape index (κ3) is 5.51. The lowest BCUT2D eigenvalue weighted by molar-refractivity contribution is -0.145. The minimum atomic E-state index is -2.39. The fraction of sp³-hybridized carbons (Fsp3) is 0.292. The summed E-state index contributed by atoms with van der Waals surface area (Å²) >= 11 is -2.39. The van der Waals surface area contributed by atoms with Crippen LogP contribution >= 0.6 is 0 Å². The first-order valence-corrected chi connectivity index (χ1v) is 11.8. The van der Waals surface area contributed by atoms with Gasteiger partial charge in [0.2, 0.25) is 11.3 Å². The van der Waals surface area contributed by atoms with E-state index in [-0.39, 0.29) is 0 Å². The van der Waals surface area contributed by atoms with Crippen molar-refractivity contribution in [2.75, 3.05) is 31.1 Å². The number of aliphatic carboxylic acids is 1. The summed E-state index contributed by atoms with van der Waals surface area (Å²) in [6, 6.07) is 21.3. The second kappa shape index (κ2) is 10.3. The van der Waals surface area contributed by atoms with Crippen LogP contribution in [0, 0.1) is 0 Å². The molecule has 4 rings (SSSR count). The summed E-state index contributed by atoms with van der Waals surface area (Å²) in [5, 5.41) is 13.2. The molecule has 174 valence electrons. The Balaban J connectivity index is 1.33. The molecule has 2 atom stereocenters. The number of carboxylic acid groups (broad SMARTS) is 1. The summed E-state index contributed by atoms with van der Waals surface area (Å²) in [5.74, 6) is -0.309. The first-order valence-electron chi connectivity index (χ1n) is 10.8. The number of piperazine rings is 1. The second-order valence-electron chi connectivity index (χ2n) is 7.95. The number of benzene rings is 3. The summed E-state index contributed by atoms with van der Waals surface area (Å²) in [7, 11) is 0. The van der Waals surface area contributed by atoms with Crippen molar-refractivity contribution in [3.63, 3.8) is 0 Å². The quantitative estimate of drug-likeness (QED) is 0.489. The van der Waals surface area contributed by atoms with Crippen LogP contribution in [-0.4, -0.2) is 61.5 Å². The Morgan fingerprint density at radius 1 is 1.03 bits per heavy atom. The zero-order valence-corrected chi connectivity index (χ0v) is 19.1. The smallest absolute Gasteiger partial charge is 0.323 e. The molecule has 2 N–H and O–H groups in total. The minimum absolute atomic E-state index is 0.455. The molecule has 1 aliphatic rings. The van der Waals surface area contributed by atoms with Crippen molar-refractivity contribution in [3.05, 3.63) is 72.3 Å². The van der Waals surface area contributed by atoms with E-state index in [2.05, 4.69) is 23.1 Å². The number of fused-ring (bicyclic) bond motifs is 1. The molecule has 1 saturated heterocycles. The van der Waals surface area contributed by atoms with Gasteiger partial charge in [0.25, 0.3) is 0 Å². The van der Waals surface area contributed by atoms with E-state index in [1.807, 2.05) is 48.5 Å². The van der Waals surface area contributed by atoms with Gasteiger partial charge in [0.15, 0.2) is 0 Å². The SMILES string of the molecule is CC(C(=O)O)N(N1CCN(c2ccc(COc3ccc4ccccc4c3)cc2)CC1)S(=O)O. The standard InChI is InChI=1S/C24H27N3O5S/c1-18(24(28)29)27(33(30)31)26-14-12-25(13-15-26)22-9-6-19(7-10-22)17-32-23-11-8-20-4-2-3-5-21(20)16-23/h2-11,16,18H,12-15,17H2,1H3,(H,28,29)(H,30,31). The molecule has 0 aliphatic carbocycles. The summed E-state index contributed by atoms with van der Waals surface area (Å²) in [5.41, 5.74) is 2.11. The van der Waals surface area contributed by atoms with Gasteiger partial charge in [-0.15, -0.1) is 4.41 Å². The summed E-state index contributed by atoms with van der Waals surface area (Å²) in [4.78, 5) is 13.4. The number of rotatable bonds is 8. The number of nitrogens with zero attached hydrogens (tertiary/aromatic N) is 3. The van der Waals surface area contributed by atoms with Gasteiger partial charge in [0, 0.05) is 31.9 Å². The Hall–Kier alpha value is -2.98. The second-order valence-corrected chi connectivity index (χ2v) is 8.79. The molecule has 8 nitrogen and oxygen atoms in total. The molecule has 3 aromatic rings. The molecule has 1 aliphatic heterocycles. The van der Waals surface area contributed by atoms with Gasteiger partial charge in [0.1, 0.15) is 18.4 Å². The van der Waals surface area contributed by atoms with Crippen LogP contribution in [0.25, 0.3) is 10.8 Å². The summed E-state index contributed by atoms with van der Waals surface area (Å²) in [6.07, 6.45) is 0. The highest BCUT2D eigenvalue weighted by Crippen LogP contribution is 2.23. The van der Waals surface area contributed by atoms with E-state index in [1.54, 1.807) is 5.01 Å². The van der Waals surface area contributed by atoms with Gasteiger partial charge in [-0.2, -0.15) is 0 Å². The molecule has 0 aromatic heterocycles. The van der Waals surface area contributed by atoms with Gasteiger partial charge in [-0.25, -0.2) is 9.22 Å². The van der Waals surface area contributed by atoms with Crippen molar-refractivity contribution in [2.45, 2.75) is 19.6 Å². The van der Waals surface area contributed by atoms with E-state index < -0.39 is 23.3 Å². The molecule has 2 unspecified atom stereocenters. The molecule has 33 heavy (non-hydrogen) atoms. The first kappa shape index (κ1) is 23.2. The van der Waals surface area contributed by atoms with E-state index >= 15 is 0 Å². The molecular formula is C24H27N3O5S. The van der Waals surface area contributed by atoms with Crippen molar-refractivity contribution < 1.29 is 23.4 Å². The highest BCUT2D eigenvalue weighted by atomic mass is 32.2. The van der Waals surface area contributed by atoms with Gasteiger partial charge in [-0.1, -0.05) is 42.5 Å². The Morgan fingerprint density at radius 3 is 2.33 bits per heavy atom. The van der Waals surface area contributed by atoms with E-state index in [4.69, 9.17) is 4.74 Å². The zero-order valence-electron chi connectivity index (χ0n) is 18.3. The van der Waals surface area contributed by atoms with Crippen LogP contribution in [-0.2, 0) is 22.7 Å². The number of anilines is 1. The van der Waals surface area contributed by atoms with Crippen molar-refractivity contribution in [3.8, 4) is 5.75 Å². The van der Waals surface area contributed by atoms with Crippen LogP contribution < -0.4 is 9.64 Å². The number of carbonyl (C=O) groups is 1.